The van der Waals surface area contributed by atoms with Gasteiger partial charge >= 0.3 is 0 Å². The van der Waals surface area contributed by atoms with Crippen LogP contribution in [0.25, 0.3) is 0 Å². The maximum absolute atomic E-state index is 8.38. The molecule has 0 saturated heterocycles. The van der Waals surface area contributed by atoms with Gasteiger partial charge in [0.05, 0.1) is 0 Å². The van der Waals surface area contributed by atoms with Gasteiger partial charge in [0.25, 0.3) is 0 Å². The monoisotopic (exact) mass is 262 g/mol. The first kappa shape index (κ1) is 7.11. The maximum atomic E-state index is 8.38. The van der Waals surface area contributed by atoms with Gasteiger partial charge in [0, 0.05) is 16.0 Å². The SMILES string of the molecule is [2H]C([2H])([2H])NC([2H])([2H])C([2H])([2H])C(Oc1ccccc1C)c1ccccc1. The first-order valence-corrected chi connectivity index (χ1v) is 6.01. The molecule has 2 rings (SSSR count). The summed E-state index contributed by atoms with van der Waals surface area (Å²) in [5.41, 5.74) is 1.16. The smallest absolute Gasteiger partial charge is 0.125 e. The molecular formula is C17H21NO. The highest BCUT2D eigenvalue weighted by Gasteiger charge is 2.13. The average molecular weight is 262 g/mol. The van der Waals surface area contributed by atoms with E-state index in [1.54, 1.807) is 60.8 Å². The molecule has 0 aromatic heterocycles. The summed E-state index contributed by atoms with van der Waals surface area (Å²) in [7, 11) is 0. The topological polar surface area (TPSA) is 21.3 Å². The molecular weight excluding hydrogens is 234 g/mol. The van der Waals surface area contributed by atoms with Crippen LogP contribution >= 0.6 is 0 Å². The number of hydrogen-bond acceptors (Lipinski definition) is 2. The van der Waals surface area contributed by atoms with Crippen molar-refractivity contribution >= 4 is 0 Å². The van der Waals surface area contributed by atoms with Crippen molar-refractivity contribution in [1.29, 1.82) is 0 Å². The highest BCUT2D eigenvalue weighted by molar-refractivity contribution is 5.33. The van der Waals surface area contributed by atoms with E-state index in [-0.39, 0.29) is 0 Å². The van der Waals surface area contributed by atoms with Crippen LogP contribution in [0.15, 0.2) is 54.6 Å². The van der Waals surface area contributed by atoms with E-state index in [1.165, 1.54) is 0 Å². The van der Waals surface area contributed by atoms with Gasteiger partial charge in [-0.15, -0.1) is 0 Å². The van der Waals surface area contributed by atoms with Crippen LogP contribution in [-0.2, 0) is 0 Å². The van der Waals surface area contributed by atoms with E-state index in [1.807, 2.05) is 6.07 Å². The Morgan fingerprint density at radius 3 is 2.63 bits per heavy atom. The van der Waals surface area contributed by atoms with E-state index in [2.05, 4.69) is 0 Å². The highest BCUT2D eigenvalue weighted by Crippen LogP contribution is 2.26. The van der Waals surface area contributed by atoms with Crippen LogP contribution in [0.2, 0.25) is 0 Å². The van der Waals surface area contributed by atoms with Crippen LogP contribution in [0.4, 0.5) is 0 Å². The summed E-state index contributed by atoms with van der Waals surface area (Å²) >= 11 is 0. The van der Waals surface area contributed by atoms with Crippen molar-refractivity contribution in [2.24, 2.45) is 0 Å². The van der Waals surface area contributed by atoms with Gasteiger partial charge < -0.3 is 10.1 Å². The third-order valence-corrected chi connectivity index (χ3v) is 2.71. The molecule has 100 valence electrons. The average Bonchev–Trinajstić information content (AvgIpc) is 2.52. The van der Waals surface area contributed by atoms with Gasteiger partial charge in [-0.2, -0.15) is 0 Å². The van der Waals surface area contributed by atoms with Crippen molar-refractivity contribution in [2.75, 3.05) is 13.5 Å². The molecule has 1 atom stereocenters. The highest BCUT2D eigenvalue weighted by atomic mass is 16.5. The molecule has 2 aromatic carbocycles. The molecule has 2 aromatic rings. The Morgan fingerprint density at radius 1 is 1.16 bits per heavy atom. The molecule has 0 aliphatic heterocycles. The van der Waals surface area contributed by atoms with Crippen LogP contribution in [0.5, 0.6) is 5.75 Å². The summed E-state index contributed by atoms with van der Waals surface area (Å²) < 4.78 is 60.4. The third kappa shape index (κ3) is 3.83. The molecule has 1 N–H and O–H groups in total. The Labute approximate surface area is 125 Å². The Morgan fingerprint density at radius 2 is 1.89 bits per heavy atom. The van der Waals surface area contributed by atoms with Crippen molar-refractivity contribution in [2.45, 2.75) is 19.4 Å². The lowest BCUT2D eigenvalue weighted by Crippen LogP contribution is -2.16. The van der Waals surface area contributed by atoms with E-state index < -0.39 is 25.9 Å². The molecule has 19 heavy (non-hydrogen) atoms. The molecule has 0 heterocycles. The fraction of sp³-hybridized carbons (Fsp3) is 0.294. The molecule has 0 amide bonds. The maximum Gasteiger partial charge on any atom is 0.125 e. The fourth-order valence-electron chi connectivity index (χ4n) is 1.73. The van der Waals surface area contributed by atoms with Crippen LogP contribution in [-0.4, -0.2) is 13.5 Å². The summed E-state index contributed by atoms with van der Waals surface area (Å²) in [5, 5.41) is 1.76. The summed E-state index contributed by atoms with van der Waals surface area (Å²) in [5.74, 6) is 0.398. The first-order valence-electron chi connectivity index (χ1n) is 9.51. The van der Waals surface area contributed by atoms with Crippen LogP contribution < -0.4 is 10.1 Å². The number of aryl methyl sites for hydroxylation is 1. The second-order valence-electron chi connectivity index (χ2n) is 4.07. The minimum Gasteiger partial charge on any atom is -0.485 e. The lowest BCUT2D eigenvalue weighted by Gasteiger charge is -2.20. The van der Waals surface area contributed by atoms with Gasteiger partial charge in [-0.3, -0.25) is 0 Å². The van der Waals surface area contributed by atoms with Crippen LogP contribution in [0.1, 0.15) is 33.2 Å². The second kappa shape index (κ2) is 6.95. The first-order chi connectivity index (χ1) is 11.9. The fourth-order valence-corrected chi connectivity index (χ4v) is 1.73. The zero-order chi connectivity index (χ0) is 19.6. The molecule has 0 bridgehead atoms. The van der Waals surface area contributed by atoms with Crippen LogP contribution in [0.3, 0.4) is 0 Å². The number of hydrogen-bond donors (Lipinski definition) is 1. The molecule has 0 spiro atoms. The minimum atomic E-state index is -2.87. The summed E-state index contributed by atoms with van der Waals surface area (Å²) in [6, 6.07) is 15.4. The number of rotatable bonds is 6. The quantitative estimate of drug-likeness (QED) is 0.856. The second-order valence-corrected chi connectivity index (χ2v) is 4.07. The zero-order valence-corrected chi connectivity index (χ0v) is 10.7. The number of nitrogens with one attached hydrogen (secondary N) is 1. The van der Waals surface area contributed by atoms with E-state index in [0.29, 0.717) is 11.3 Å². The van der Waals surface area contributed by atoms with Gasteiger partial charge in [0.15, 0.2) is 0 Å². The zero-order valence-electron chi connectivity index (χ0n) is 17.7. The van der Waals surface area contributed by atoms with Gasteiger partial charge in [-0.05, 0) is 37.6 Å². The molecule has 0 radical (unpaired) electrons. The van der Waals surface area contributed by atoms with Crippen molar-refractivity contribution in [3.05, 3.63) is 65.7 Å². The lowest BCUT2D eigenvalue weighted by molar-refractivity contribution is 0.193. The molecule has 0 fully saturated rings. The Balaban J connectivity index is 2.47. The minimum absolute atomic E-state index is 0.398. The number of ether oxygens (including phenoxy) is 1. The summed E-state index contributed by atoms with van der Waals surface area (Å²) in [6.45, 7) is -3.93. The van der Waals surface area contributed by atoms with E-state index in [4.69, 9.17) is 14.3 Å². The van der Waals surface area contributed by atoms with Crippen LogP contribution in [0, 0.1) is 6.92 Å². The van der Waals surface area contributed by atoms with E-state index >= 15 is 0 Å². The van der Waals surface area contributed by atoms with Gasteiger partial charge in [-0.1, -0.05) is 48.5 Å². The molecule has 1 unspecified atom stereocenters. The molecule has 2 nitrogen and oxygen atoms in total. The third-order valence-electron chi connectivity index (χ3n) is 2.71. The van der Waals surface area contributed by atoms with Gasteiger partial charge in [-0.25, -0.2) is 0 Å². The van der Waals surface area contributed by atoms with E-state index in [9.17, 15) is 0 Å². The van der Waals surface area contributed by atoms with E-state index in [0.717, 1.165) is 5.56 Å². The standard InChI is InChI=1S/C17H21NO/c1-14-8-6-7-11-16(14)19-17(12-13-18-2)15-9-4-3-5-10-15/h3-11,17-18H,12-13H2,1-2H3/i2D3,12D2,13D2. The molecule has 0 aliphatic carbocycles. The van der Waals surface area contributed by atoms with Gasteiger partial charge in [0.2, 0.25) is 0 Å². The number of benzene rings is 2. The van der Waals surface area contributed by atoms with Crippen molar-refractivity contribution in [1.82, 2.24) is 5.32 Å². The Bertz CT molecular complexity index is 731. The molecule has 0 saturated carbocycles. The normalized spacial score (nSPS) is 19.7. The molecule has 2 heteroatoms. The number of para-hydroxylation sites is 1. The van der Waals surface area contributed by atoms with Gasteiger partial charge in [0.1, 0.15) is 11.9 Å². The summed E-state index contributed by atoms with van der Waals surface area (Å²) in [4.78, 5) is 0. The summed E-state index contributed by atoms with van der Waals surface area (Å²) in [6.07, 6.45) is -4.06. The largest absolute Gasteiger partial charge is 0.485 e. The Kier molecular flexibility index (Phi) is 2.60. The predicted molar refractivity (Wildman–Crippen MR) is 79.5 cm³/mol. The van der Waals surface area contributed by atoms with Crippen molar-refractivity contribution in [3.8, 4) is 5.75 Å². The Hall–Kier alpha value is -1.80. The molecule has 0 aliphatic rings. The van der Waals surface area contributed by atoms with Crippen molar-refractivity contribution < 1.29 is 14.3 Å². The van der Waals surface area contributed by atoms with Crippen molar-refractivity contribution in [3.63, 3.8) is 0 Å². The lowest BCUT2D eigenvalue weighted by atomic mass is 10.1. The predicted octanol–water partition coefficient (Wildman–Crippen LogP) is 3.72.